The number of aliphatic hydroxyl groups is 1. The maximum Gasteiger partial charge on any atom is 0.295 e. The fourth-order valence-corrected chi connectivity index (χ4v) is 3.60. The van der Waals surface area contributed by atoms with E-state index in [2.05, 4.69) is 0 Å². The van der Waals surface area contributed by atoms with Gasteiger partial charge in [-0.05, 0) is 18.2 Å². The number of benzene rings is 2. The van der Waals surface area contributed by atoms with Crippen LogP contribution in [0.2, 0.25) is 0 Å². The first-order valence-corrected chi connectivity index (χ1v) is 9.73. The molecule has 0 unspecified atom stereocenters. The van der Waals surface area contributed by atoms with Crippen LogP contribution < -0.4 is 14.4 Å². The number of ketones is 1. The van der Waals surface area contributed by atoms with Crippen LogP contribution in [0.5, 0.6) is 11.5 Å². The number of likely N-dealkylation sites (N-methyl/N-ethyl adjacent to an activating group) is 1. The van der Waals surface area contributed by atoms with E-state index in [1.165, 1.54) is 19.1 Å². The van der Waals surface area contributed by atoms with Crippen LogP contribution in [0, 0.1) is 0 Å². The van der Waals surface area contributed by atoms with Crippen LogP contribution in [0.25, 0.3) is 5.76 Å². The van der Waals surface area contributed by atoms with Gasteiger partial charge < -0.3 is 24.4 Å². The Labute approximate surface area is 176 Å². The number of methoxy groups -OCH3 is 2. The van der Waals surface area contributed by atoms with E-state index in [4.69, 9.17) is 9.47 Å². The molecule has 1 amide bonds. The number of amides is 1. The van der Waals surface area contributed by atoms with Gasteiger partial charge in [0, 0.05) is 11.1 Å². The monoisotopic (exact) mass is 411 g/mol. The lowest BCUT2D eigenvalue weighted by atomic mass is 9.94. The molecule has 7 nitrogen and oxygen atoms in total. The second-order valence-electron chi connectivity index (χ2n) is 7.42. The predicted octanol–water partition coefficient (Wildman–Crippen LogP) is 1.27. The molecule has 1 fully saturated rings. The van der Waals surface area contributed by atoms with E-state index in [1.807, 2.05) is 32.3 Å². The van der Waals surface area contributed by atoms with Crippen molar-refractivity contribution in [2.24, 2.45) is 0 Å². The molecule has 2 N–H and O–H groups in total. The van der Waals surface area contributed by atoms with Gasteiger partial charge in [0.25, 0.3) is 11.7 Å². The predicted molar refractivity (Wildman–Crippen MR) is 113 cm³/mol. The Balaban J connectivity index is 2.20. The fourth-order valence-electron chi connectivity index (χ4n) is 3.60. The minimum Gasteiger partial charge on any atom is -0.507 e. The summed E-state index contributed by atoms with van der Waals surface area (Å²) >= 11 is 0. The summed E-state index contributed by atoms with van der Waals surface area (Å²) in [4.78, 5) is 28.6. The molecular weight excluding hydrogens is 384 g/mol. The largest absolute Gasteiger partial charge is 0.507 e. The molecule has 3 rings (SSSR count). The van der Waals surface area contributed by atoms with Crippen molar-refractivity contribution >= 4 is 17.4 Å². The third kappa shape index (κ3) is 4.02. The van der Waals surface area contributed by atoms with E-state index >= 15 is 0 Å². The maximum atomic E-state index is 13.0. The van der Waals surface area contributed by atoms with Crippen molar-refractivity contribution in [1.29, 1.82) is 0 Å². The molecule has 1 aliphatic heterocycles. The van der Waals surface area contributed by atoms with Crippen LogP contribution in [0.15, 0.2) is 54.1 Å². The first-order chi connectivity index (χ1) is 14.4. The number of likely N-dealkylation sites (tertiary alicyclic amines) is 1. The van der Waals surface area contributed by atoms with E-state index in [1.54, 1.807) is 30.3 Å². The molecular formula is C23H27N2O5+. The summed E-state index contributed by atoms with van der Waals surface area (Å²) in [6.07, 6.45) is 0. The second-order valence-corrected chi connectivity index (χ2v) is 7.42. The number of aliphatic hydroxyl groups excluding tert-OH is 1. The summed E-state index contributed by atoms with van der Waals surface area (Å²) in [5.41, 5.74) is 1.11. The summed E-state index contributed by atoms with van der Waals surface area (Å²) in [6, 6.07) is 13.3. The Kier molecular flexibility index (Phi) is 6.42. The number of ether oxygens (including phenoxy) is 2. The number of nitrogens with zero attached hydrogens (tertiary/aromatic N) is 1. The van der Waals surface area contributed by atoms with E-state index < -0.39 is 17.7 Å². The van der Waals surface area contributed by atoms with Gasteiger partial charge in [0.1, 0.15) is 17.3 Å². The summed E-state index contributed by atoms with van der Waals surface area (Å²) in [5, 5.41) is 11.1. The normalized spacial score (nSPS) is 18.2. The topological polar surface area (TPSA) is 80.5 Å². The molecule has 2 aromatic carbocycles. The highest BCUT2D eigenvalue weighted by molar-refractivity contribution is 6.46. The number of rotatable bonds is 7. The number of hydrogen-bond donors (Lipinski definition) is 2. The highest BCUT2D eigenvalue weighted by Crippen LogP contribution is 2.42. The molecule has 0 saturated carbocycles. The van der Waals surface area contributed by atoms with Crippen molar-refractivity contribution in [2.75, 3.05) is 41.4 Å². The van der Waals surface area contributed by atoms with Gasteiger partial charge in [-0.1, -0.05) is 30.3 Å². The standard InChI is InChI=1S/C23H26N2O5/c1-24(2)12-13-25-20(17-10-5-6-11-18(17)30-4)19(22(27)23(25)28)21(26)15-8-7-9-16(14-15)29-3/h5-11,14,20,26H,12-13H2,1-4H3/p+1/t20-/m1/s1. The molecule has 1 atom stereocenters. The molecule has 0 aromatic heterocycles. The smallest absolute Gasteiger partial charge is 0.295 e. The lowest BCUT2D eigenvalue weighted by Gasteiger charge is -2.26. The summed E-state index contributed by atoms with van der Waals surface area (Å²) in [5.74, 6) is -0.485. The van der Waals surface area contributed by atoms with Gasteiger partial charge in [-0.3, -0.25) is 9.59 Å². The van der Waals surface area contributed by atoms with E-state index in [-0.39, 0.29) is 11.3 Å². The highest BCUT2D eigenvalue weighted by Gasteiger charge is 2.47. The Hall–Kier alpha value is -3.32. The van der Waals surface area contributed by atoms with Crippen LogP contribution >= 0.6 is 0 Å². The number of hydrogen-bond acceptors (Lipinski definition) is 5. The van der Waals surface area contributed by atoms with E-state index in [9.17, 15) is 14.7 Å². The fraction of sp³-hybridized carbons (Fsp3) is 0.304. The zero-order valence-corrected chi connectivity index (χ0v) is 17.6. The maximum absolute atomic E-state index is 13.0. The zero-order chi connectivity index (χ0) is 21.8. The Morgan fingerprint density at radius 2 is 1.80 bits per heavy atom. The lowest BCUT2D eigenvalue weighted by Crippen LogP contribution is -3.06. The third-order valence-electron chi connectivity index (χ3n) is 5.17. The van der Waals surface area contributed by atoms with Crippen molar-refractivity contribution in [3.05, 3.63) is 65.2 Å². The van der Waals surface area contributed by atoms with Gasteiger partial charge in [-0.15, -0.1) is 0 Å². The average molecular weight is 411 g/mol. The zero-order valence-electron chi connectivity index (χ0n) is 17.6. The van der Waals surface area contributed by atoms with Crippen molar-refractivity contribution < 1.29 is 29.1 Å². The van der Waals surface area contributed by atoms with Gasteiger partial charge in [0.15, 0.2) is 0 Å². The van der Waals surface area contributed by atoms with Gasteiger partial charge in [0.05, 0.1) is 53.0 Å². The lowest BCUT2D eigenvalue weighted by molar-refractivity contribution is -0.857. The van der Waals surface area contributed by atoms with Crippen LogP contribution in [0.3, 0.4) is 0 Å². The molecule has 30 heavy (non-hydrogen) atoms. The number of nitrogens with one attached hydrogen (secondary N) is 1. The molecule has 1 saturated heterocycles. The van der Waals surface area contributed by atoms with Crippen LogP contribution in [0.1, 0.15) is 17.2 Å². The molecule has 1 aliphatic rings. The first-order valence-electron chi connectivity index (χ1n) is 9.73. The van der Waals surface area contributed by atoms with Gasteiger partial charge in [-0.2, -0.15) is 0 Å². The van der Waals surface area contributed by atoms with E-state index in [0.717, 1.165) is 4.90 Å². The molecule has 1 heterocycles. The number of para-hydroxylation sites is 1. The molecule has 7 heteroatoms. The molecule has 0 bridgehead atoms. The van der Waals surface area contributed by atoms with Crippen molar-refractivity contribution in [2.45, 2.75) is 6.04 Å². The summed E-state index contributed by atoms with van der Waals surface area (Å²) < 4.78 is 10.7. The van der Waals surface area contributed by atoms with Crippen molar-refractivity contribution in [3.8, 4) is 11.5 Å². The van der Waals surface area contributed by atoms with Gasteiger partial charge in [0.2, 0.25) is 0 Å². The summed E-state index contributed by atoms with van der Waals surface area (Å²) in [6.45, 7) is 1.02. The SMILES string of the molecule is COc1cccc(C(O)=C2C(=O)C(=O)N(CC[NH+](C)C)[C@@H]2c2ccccc2OC)c1. The number of Topliss-reactive ketones (excluding diaryl/α,β-unsaturated/α-hetero) is 1. The number of quaternary nitrogens is 1. The van der Waals surface area contributed by atoms with Crippen molar-refractivity contribution in [3.63, 3.8) is 0 Å². The minimum atomic E-state index is -0.744. The third-order valence-corrected chi connectivity index (χ3v) is 5.17. The Bertz CT molecular complexity index is 983. The molecule has 0 spiro atoms. The average Bonchev–Trinajstić information content (AvgIpc) is 3.01. The minimum absolute atomic E-state index is 0.0477. The molecule has 0 aliphatic carbocycles. The quantitative estimate of drug-likeness (QED) is 0.408. The Morgan fingerprint density at radius 1 is 1.07 bits per heavy atom. The Morgan fingerprint density at radius 3 is 2.47 bits per heavy atom. The van der Waals surface area contributed by atoms with E-state index in [0.29, 0.717) is 35.7 Å². The summed E-state index contributed by atoms with van der Waals surface area (Å²) in [7, 11) is 7.02. The van der Waals surface area contributed by atoms with Gasteiger partial charge >= 0.3 is 0 Å². The first kappa shape index (κ1) is 21.4. The van der Waals surface area contributed by atoms with Crippen LogP contribution in [0.4, 0.5) is 0 Å². The van der Waals surface area contributed by atoms with Crippen LogP contribution in [-0.2, 0) is 9.59 Å². The van der Waals surface area contributed by atoms with Crippen molar-refractivity contribution in [1.82, 2.24) is 4.90 Å². The molecule has 0 radical (unpaired) electrons. The highest BCUT2D eigenvalue weighted by atomic mass is 16.5. The van der Waals surface area contributed by atoms with Crippen LogP contribution in [-0.4, -0.2) is 63.1 Å². The number of carbonyl (C=O) groups is 2. The molecule has 2 aromatic rings. The van der Waals surface area contributed by atoms with Gasteiger partial charge in [-0.25, -0.2) is 0 Å². The molecule has 158 valence electrons. The second kappa shape index (κ2) is 9.00. The number of carbonyl (C=O) groups excluding carboxylic acids is 2.